The van der Waals surface area contributed by atoms with E-state index in [1.54, 1.807) is 0 Å². The van der Waals surface area contributed by atoms with E-state index < -0.39 is 11.6 Å². The van der Waals surface area contributed by atoms with Crippen molar-refractivity contribution >= 4 is 40.4 Å². The molecule has 0 radical (unpaired) electrons. The summed E-state index contributed by atoms with van der Waals surface area (Å²) in [5.41, 5.74) is 8.24. The van der Waals surface area contributed by atoms with Crippen LogP contribution in [0.1, 0.15) is 27.0 Å². The Morgan fingerprint density at radius 2 is 1.88 bits per heavy atom. The van der Waals surface area contributed by atoms with Crippen LogP contribution in [0, 0.1) is 23.7 Å². The molecule has 9 heteroatoms. The normalized spacial score (nSPS) is 10.0. The van der Waals surface area contributed by atoms with E-state index >= 15 is 0 Å². The number of nitrogen functional groups attached to an aromatic ring is 1. The lowest BCUT2D eigenvalue weighted by Gasteiger charge is -2.15. The number of carbonyl (C=O) groups excluding carboxylic acids is 2. The predicted octanol–water partition coefficient (Wildman–Crippen LogP) is 2.95. The smallest absolute Gasteiger partial charge is 0.274 e. The fourth-order valence-corrected chi connectivity index (χ4v) is 2.92. The maximum atomic E-state index is 12.9. The standard InChI is InChI=1S/C23H21N7O2/c1-13-5-3-4-6-18(13)29-21-19(10-15(12-28-21)22(31)27-2)30-23(32)20(26)16-9-14(11-24)7-8-17(16)25/h3-10,12,26H,25H2,1-2H3,(H,27,31)(H,28,29)(H,30,32). The van der Waals surface area contributed by atoms with Crippen LogP contribution in [0.25, 0.3) is 0 Å². The number of rotatable bonds is 6. The number of pyridine rings is 1. The third-order valence-corrected chi connectivity index (χ3v) is 4.70. The number of nitrogens with two attached hydrogens (primary N) is 1. The summed E-state index contributed by atoms with van der Waals surface area (Å²) < 4.78 is 0. The van der Waals surface area contributed by atoms with Gasteiger partial charge in [0.05, 0.1) is 22.9 Å². The molecule has 2 amide bonds. The van der Waals surface area contributed by atoms with Crippen LogP contribution in [-0.4, -0.2) is 29.6 Å². The minimum absolute atomic E-state index is 0.130. The number of nitrogens with zero attached hydrogens (tertiary/aromatic N) is 2. The molecule has 0 saturated carbocycles. The van der Waals surface area contributed by atoms with Gasteiger partial charge in [0.1, 0.15) is 5.71 Å². The summed E-state index contributed by atoms with van der Waals surface area (Å²) in [7, 11) is 1.49. The topological polar surface area (TPSA) is 157 Å². The van der Waals surface area contributed by atoms with Gasteiger partial charge in [0.2, 0.25) is 0 Å². The van der Waals surface area contributed by atoms with Crippen LogP contribution >= 0.6 is 0 Å². The van der Waals surface area contributed by atoms with Crippen LogP contribution in [0.4, 0.5) is 22.9 Å². The summed E-state index contributed by atoms with van der Waals surface area (Å²) in [5, 5.41) is 25.6. The SMILES string of the molecule is CNC(=O)c1cnc(Nc2ccccc2C)c(NC(=O)C(=N)c2cc(C#N)ccc2N)c1. The number of benzene rings is 2. The zero-order chi connectivity index (χ0) is 23.3. The highest BCUT2D eigenvalue weighted by atomic mass is 16.2. The molecule has 1 heterocycles. The van der Waals surface area contributed by atoms with Gasteiger partial charge >= 0.3 is 0 Å². The molecule has 0 aliphatic carbocycles. The van der Waals surface area contributed by atoms with Crippen LogP contribution in [-0.2, 0) is 4.79 Å². The van der Waals surface area contributed by atoms with Gasteiger partial charge in [-0.05, 0) is 42.8 Å². The Labute approximate surface area is 184 Å². The summed E-state index contributed by atoms with van der Waals surface area (Å²) in [6.07, 6.45) is 1.38. The number of nitrogens with one attached hydrogen (secondary N) is 4. The first-order valence-electron chi connectivity index (χ1n) is 9.58. The number of nitriles is 1. The molecule has 0 spiro atoms. The number of amides is 2. The largest absolute Gasteiger partial charge is 0.398 e. The molecule has 0 aliphatic rings. The Bertz CT molecular complexity index is 1260. The maximum Gasteiger partial charge on any atom is 0.274 e. The number of carbonyl (C=O) groups is 2. The van der Waals surface area contributed by atoms with Gasteiger partial charge in [-0.15, -0.1) is 0 Å². The van der Waals surface area contributed by atoms with Crippen molar-refractivity contribution in [2.24, 2.45) is 0 Å². The minimum Gasteiger partial charge on any atom is -0.398 e. The van der Waals surface area contributed by atoms with Crippen LogP contribution in [0.15, 0.2) is 54.7 Å². The van der Waals surface area contributed by atoms with Crippen molar-refractivity contribution in [3.05, 3.63) is 77.0 Å². The zero-order valence-corrected chi connectivity index (χ0v) is 17.5. The lowest BCUT2D eigenvalue weighted by atomic mass is 10.0. The number of anilines is 4. The molecular formula is C23H21N7O2. The molecule has 0 saturated heterocycles. The van der Waals surface area contributed by atoms with Crippen LogP contribution in [0.5, 0.6) is 0 Å². The minimum atomic E-state index is -0.768. The van der Waals surface area contributed by atoms with Gasteiger partial charge in [0.25, 0.3) is 11.8 Å². The molecule has 6 N–H and O–H groups in total. The van der Waals surface area contributed by atoms with Crippen molar-refractivity contribution in [3.63, 3.8) is 0 Å². The van der Waals surface area contributed by atoms with Gasteiger partial charge in [-0.2, -0.15) is 5.26 Å². The summed E-state index contributed by atoms with van der Waals surface area (Å²) in [6.45, 7) is 1.92. The van der Waals surface area contributed by atoms with Gasteiger partial charge in [-0.3, -0.25) is 15.0 Å². The number of aromatic nitrogens is 1. The second-order valence-electron chi connectivity index (χ2n) is 6.88. The van der Waals surface area contributed by atoms with E-state index in [9.17, 15) is 9.59 Å². The highest BCUT2D eigenvalue weighted by Gasteiger charge is 2.19. The predicted molar refractivity (Wildman–Crippen MR) is 123 cm³/mol. The van der Waals surface area contributed by atoms with Crippen molar-refractivity contribution in [2.45, 2.75) is 6.92 Å². The molecule has 3 rings (SSSR count). The Morgan fingerprint density at radius 3 is 2.56 bits per heavy atom. The zero-order valence-electron chi connectivity index (χ0n) is 17.5. The average Bonchev–Trinajstić information content (AvgIpc) is 2.80. The lowest BCUT2D eigenvalue weighted by Crippen LogP contribution is -2.25. The molecule has 32 heavy (non-hydrogen) atoms. The number of aryl methyl sites for hydroxylation is 1. The van der Waals surface area contributed by atoms with E-state index in [-0.39, 0.29) is 34.0 Å². The fraction of sp³-hybridized carbons (Fsp3) is 0.0870. The molecule has 0 bridgehead atoms. The maximum absolute atomic E-state index is 12.9. The number of hydrogen-bond acceptors (Lipinski definition) is 7. The highest BCUT2D eigenvalue weighted by Crippen LogP contribution is 2.26. The molecule has 160 valence electrons. The first kappa shape index (κ1) is 22.0. The summed E-state index contributed by atoms with van der Waals surface area (Å²) in [5.74, 6) is -0.848. The van der Waals surface area contributed by atoms with Gasteiger partial charge in [-0.1, -0.05) is 18.2 Å². The lowest BCUT2D eigenvalue weighted by molar-refractivity contribution is -0.110. The Kier molecular flexibility index (Phi) is 6.46. The fourth-order valence-electron chi connectivity index (χ4n) is 2.92. The number of hydrogen-bond donors (Lipinski definition) is 5. The Morgan fingerprint density at radius 1 is 1.12 bits per heavy atom. The molecule has 9 nitrogen and oxygen atoms in total. The van der Waals surface area contributed by atoms with E-state index in [1.807, 2.05) is 37.3 Å². The van der Waals surface area contributed by atoms with Crippen LogP contribution in [0.2, 0.25) is 0 Å². The molecule has 3 aromatic rings. The molecule has 0 fully saturated rings. The Balaban J connectivity index is 1.96. The summed E-state index contributed by atoms with van der Waals surface area (Å²) in [4.78, 5) is 29.2. The average molecular weight is 427 g/mol. The number of para-hydroxylation sites is 1. The van der Waals surface area contributed by atoms with E-state index in [4.69, 9.17) is 16.4 Å². The Hall–Kier alpha value is -4.71. The van der Waals surface area contributed by atoms with Crippen molar-refractivity contribution in [1.29, 1.82) is 10.7 Å². The molecule has 0 aliphatic heterocycles. The van der Waals surface area contributed by atoms with Gasteiger partial charge in [0, 0.05) is 30.2 Å². The summed E-state index contributed by atoms with van der Waals surface area (Å²) >= 11 is 0. The summed E-state index contributed by atoms with van der Waals surface area (Å²) in [6, 6.07) is 15.3. The molecule has 0 atom stereocenters. The van der Waals surface area contributed by atoms with Crippen LogP contribution in [0.3, 0.4) is 0 Å². The van der Waals surface area contributed by atoms with E-state index in [1.165, 1.54) is 37.5 Å². The van der Waals surface area contributed by atoms with Gasteiger partial charge in [-0.25, -0.2) is 4.98 Å². The van der Waals surface area contributed by atoms with Crippen molar-refractivity contribution in [2.75, 3.05) is 23.4 Å². The van der Waals surface area contributed by atoms with Crippen LogP contribution < -0.4 is 21.7 Å². The first-order valence-corrected chi connectivity index (χ1v) is 9.58. The van der Waals surface area contributed by atoms with E-state index in [0.29, 0.717) is 5.82 Å². The first-order chi connectivity index (χ1) is 15.3. The van der Waals surface area contributed by atoms with E-state index in [0.717, 1.165) is 11.3 Å². The highest BCUT2D eigenvalue weighted by molar-refractivity contribution is 6.48. The van der Waals surface area contributed by atoms with Crippen molar-refractivity contribution in [3.8, 4) is 6.07 Å². The molecule has 2 aromatic carbocycles. The molecule has 0 unspecified atom stereocenters. The van der Waals surface area contributed by atoms with Gasteiger partial charge in [0.15, 0.2) is 5.82 Å². The molecular weight excluding hydrogens is 406 g/mol. The third-order valence-electron chi connectivity index (χ3n) is 4.70. The van der Waals surface area contributed by atoms with E-state index in [2.05, 4.69) is 20.9 Å². The van der Waals surface area contributed by atoms with Crippen molar-refractivity contribution < 1.29 is 9.59 Å². The van der Waals surface area contributed by atoms with Crippen molar-refractivity contribution in [1.82, 2.24) is 10.3 Å². The second-order valence-corrected chi connectivity index (χ2v) is 6.88. The third kappa shape index (κ3) is 4.71. The molecule has 1 aromatic heterocycles. The monoisotopic (exact) mass is 427 g/mol. The second kappa shape index (κ2) is 9.40. The quantitative estimate of drug-likeness (QED) is 0.301. The van der Waals surface area contributed by atoms with Gasteiger partial charge < -0.3 is 21.7 Å².